The van der Waals surface area contributed by atoms with E-state index in [1.54, 1.807) is 17.8 Å². The van der Waals surface area contributed by atoms with Gasteiger partial charge in [0.25, 0.3) is 0 Å². The van der Waals surface area contributed by atoms with E-state index in [4.69, 9.17) is 11.6 Å². The molecule has 0 amide bonds. The first-order chi connectivity index (χ1) is 36.9. The highest BCUT2D eigenvalue weighted by atomic mass is 35.5. The van der Waals surface area contributed by atoms with Crippen LogP contribution < -0.4 is 0 Å². The van der Waals surface area contributed by atoms with E-state index in [1.807, 2.05) is 24.8 Å². The Balaban J connectivity index is 0.000000110. The Morgan fingerprint density at radius 1 is 0.468 bits per heavy atom. The summed E-state index contributed by atoms with van der Waals surface area (Å²) in [7, 11) is 0. The highest BCUT2D eigenvalue weighted by molar-refractivity contribution is 6.30. The first kappa shape index (κ1) is 52.3. The number of hydrogen-bond acceptors (Lipinski definition) is 6. The molecule has 0 radical (unpaired) electrons. The quantitative estimate of drug-likeness (QED) is 0.260. The summed E-state index contributed by atoms with van der Waals surface area (Å²) in [6.07, 6.45) is 41.7. The van der Waals surface area contributed by atoms with Crippen LogP contribution in [0.1, 0.15) is 193 Å². The number of carbonyl (C=O) groups is 3. The summed E-state index contributed by atoms with van der Waals surface area (Å²) in [4.78, 5) is 49.4. The summed E-state index contributed by atoms with van der Waals surface area (Å²) in [5, 5.41) is 0.724. The van der Waals surface area contributed by atoms with Gasteiger partial charge < -0.3 is 0 Å². The molecular weight excluding hydrogens is 973 g/mol. The summed E-state index contributed by atoms with van der Waals surface area (Å²) in [6.45, 7) is 14.7. The monoisotopic (exact) mass is 1060 g/mol. The molecule has 0 saturated heterocycles. The molecule has 3 heterocycles. The number of fused-ring (bicyclic) bond motifs is 15. The zero-order chi connectivity index (χ0) is 53.4. The van der Waals surface area contributed by atoms with Crippen LogP contribution in [0.25, 0.3) is 16.7 Å². The zero-order valence-corrected chi connectivity index (χ0v) is 47.9. The van der Waals surface area contributed by atoms with Crippen LogP contribution in [0.2, 0.25) is 5.02 Å². The Morgan fingerprint density at radius 2 is 0.857 bits per heavy atom. The molecule has 0 aliphatic heterocycles. The van der Waals surface area contributed by atoms with Crippen LogP contribution in [0.3, 0.4) is 0 Å². The van der Waals surface area contributed by atoms with Crippen LogP contribution in [0.5, 0.6) is 0 Å². The minimum Gasteiger partial charge on any atom is -0.300 e. The topological polar surface area (TPSA) is 89.9 Å². The van der Waals surface area contributed by atoms with Crippen molar-refractivity contribution in [3.05, 3.63) is 107 Å². The first-order valence-corrected chi connectivity index (χ1v) is 31.0. The summed E-state index contributed by atoms with van der Waals surface area (Å²) >= 11 is 6.23. The van der Waals surface area contributed by atoms with Gasteiger partial charge in [0.1, 0.15) is 23.2 Å². The summed E-state index contributed by atoms with van der Waals surface area (Å²) < 4.78 is 13.8. The Bertz CT molecular complexity index is 2830. The van der Waals surface area contributed by atoms with Gasteiger partial charge in [-0.2, -0.15) is 0 Å². The molecule has 8 heteroatoms. The van der Waals surface area contributed by atoms with Crippen LogP contribution in [-0.2, 0) is 14.4 Å². The van der Waals surface area contributed by atoms with Gasteiger partial charge in [-0.25, -0.2) is 4.39 Å². The lowest BCUT2D eigenvalue weighted by molar-refractivity contribution is -0.119. The second-order valence-corrected chi connectivity index (χ2v) is 29.6. The minimum absolute atomic E-state index is 0.127. The van der Waals surface area contributed by atoms with Crippen LogP contribution in [0.15, 0.2) is 79.7 Å². The highest BCUT2D eigenvalue weighted by Crippen LogP contribution is 2.71. The highest BCUT2D eigenvalue weighted by Gasteiger charge is 2.63. The molecule has 15 rings (SSSR count). The maximum atomic E-state index is 13.8. The van der Waals surface area contributed by atoms with Gasteiger partial charge in [-0.05, 0) is 251 Å². The predicted octanol–water partition coefficient (Wildman–Crippen LogP) is 16.7. The Morgan fingerprint density at radius 3 is 1.25 bits per heavy atom. The number of aromatic nitrogens is 3. The van der Waals surface area contributed by atoms with Gasteiger partial charge in [0, 0.05) is 69.5 Å². The number of pyridine rings is 3. The van der Waals surface area contributed by atoms with Crippen molar-refractivity contribution in [2.45, 2.75) is 176 Å². The number of ketones is 3. The number of rotatable bonds is 3. The Labute approximate surface area is 464 Å². The number of halogens is 2. The molecule has 9 saturated carbocycles. The molecule has 3 aromatic rings. The largest absolute Gasteiger partial charge is 0.300 e. The summed E-state index contributed by atoms with van der Waals surface area (Å²) in [5.74, 6) is 9.76. The molecule has 18 atom stereocenters. The van der Waals surface area contributed by atoms with E-state index in [9.17, 15) is 18.8 Å². The van der Waals surface area contributed by atoms with Gasteiger partial charge >= 0.3 is 0 Å². The summed E-state index contributed by atoms with van der Waals surface area (Å²) in [5.41, 5.74) is 9.25. The fourth-order valence-corrected chi connectivity index (χ4v) is 22.6. The van der Waals surface area contributed by atoms with Gasteiger partial charge in [0.05, 0.1) is 11.2 Å². The molecule has 12 aliphatic rings. The fourth-order valence-electron chi connectivity index (χ4n) is 22.4. The lowest BCUT2D eigenvalue weighted by atomic mass is 9.47. The number of carbonyl (C=O) groups excluding carboxylic acids is 3. The van der Waals surface area contributed by atoms with Crippen molar-refractivity contribution in [2.75, 3.05) is 0 Å². The minimum atomic E-state index is -0.248. The van der Waals surface area contributed by atoms with Gasteiger partial charge in [0.15, 0.2) is 0 Å². The number of Topliss-reactive ketones (excluding diaryl/α,β-unsaturated/α-hetero) is 3. The van der Waals surface area contributed by atoms with Gasteiger partial charge in [-0.1, -0.05) is 77.4 Å². The van der Waals surface area contributed by atoms with Crippen molar-refractivity contribution in [2.24, 2.45) is 104 Å². The second kappa shape index (κ2) is 19.0. The van der Waals surface area contributed by atoms with E-state index in [0.29, 0.717) is 69.6 Å². The lowest BCUT2D eigenvalue weighted by Crippen LogP contribution is -2.49. The molecule has 0 bridgehead atoms. The molecule has 3 unspecified atom stereocenters. The molecule has 0 spiro atoms. The number of hydrogen-bond donors (Lipinski definition) is 0. The van der Waals surface area contributed by atoms with Crippen molar-refractivity contribution in [1.29, 1.82) is 0 Å². The number of allylic oxidation sites excluding steroid dienone is 6. The third-order valence-electron chi connectivity index (χ3n) is 26.1. The average Bonchev–Trinajstić information content (AvgIpc) is 4.46. The average molecular weight is 1060 g/mol. The van der Waals surface area contributed by atoms with Crippen LogP contribution in [-0.4, -0.2) is 32.3 Å². The molecule has 12 aliphatic carbocycles. The van der Waals surface area contributed by atoms with E-state index >= 15 is 0 Å². The van der Waals surface area contributed by atoms with Crippen molar-refractivity contribution in [3.8, 4) is 0 Å². The standard InChI is InChI=1S/C23H28ClNO.C23H28FNO.C23H29NO/c2*1-22-8-7-21-18(4-3-15-10-17(26)11-23(15,21)2)20(22)6-5-19(22)14-9-16(24)13-25-12-14;1-22-10-9-21-18(6-5-16-12-17(25)13-23(16,21)2)20(22)8-7-19(22)15-4-3-11-24-14-15/h2*5,9,12-13,15,18,20-21H,3-4,6-8,10-11H2,1-2H3;3-4,7,11,14,16,18,20-21H,5-6,8-10,12-13H2,1-2H3/t2*15?,18-,20-,21-,22+,23-;16?,18-,20-,21-,22+,23-/m000/s1. The lowest BCUT2D eigenvalue weighted by Gasteiger charge is -2.57. The van der Waals surface area contributed by atoms with E-state index in [1.165, 1.54) is 112 Å². The van der Waals surface area contributed by atoms with Gasteiger partial charge in [0.2, 0.25) is 0 Å². The van der Waals surface area contributed by atoms with Crippen molar-refractivity contribution in [1.82, 2.24) is 15.0 Å². The third kappa shape index (κ3) is 8.21. The molecule has 0 aromatic carbocycles. The van der Waals surface area contributed by atoms with Crippen LogP contribution >= 0.6 is 11.6 Å². The molecule has 408 valence electrons. The first-order valence-electron chi connectivity index (χ1n) is 30.6. The van der Waals surface area contributed by atoms with E-state index < -0.39 is 0 Å². The molecule has 77 heavy (non-hydrogen) atoms. The fraction of sp³-hybridized carbons (Fsp3) is 0.652. The zero-order valence-electron chi connectivity index (χ0n) is 47.1. The Hall–Kier alpha value is -4.10. The van der Waals surface area contributed by atoms with Crippen LogP contribution in [0, 0.1) is 109 Å². The van der Waals surface area contributed by atoms with Crippen molar-refractivity contribution in [3.63, 3.8) is 0 Å². The van der Waals surface area contributed by atoms with E-state index in [2.05, 4.69) is 92.9 Å². The maximum Gasteiger partial charge on any atom is 0.142 e. The number of nitrogens with zero attached hydrogens (tertiary/aromatic N) is 3. The molecule has 0 N–H and O–H groups in total. The van der Waals surface area contributed by atoms with Gasteiger partial charge in [-0.3, -0.25) is 29.3 Å². The normalized spacial score (nSPS) is 44.7. The Kier molecular flexibility index (Phi) is 12.9. The molecular formula is C69H85ClFN3O3. The van der Waals surface area contributed by atoms with E-state index in [-0.39, 0.29) is 27.5 Å². The smallest absolute Gasteiger partial charge is 0.142 e. The SMILES string of the molecule is C[C@]12CC(=O)CC1CC[C@@H]1[C@@H]2CC[C@]2(C)C(c3cccnc3)=CC[C@@H]12.C[C@]12CC(=O)CC1CC[C@@H]1[C@@H]2CC[C@]2(C)C(c3cncc(Cl)c3)=CC[C@@H]12.C[C@]12CC(=O)CC1CC[C@@H]1[C@@H]2CC[C@]2(C)C(c3cncc(F)c3)=CC[C@@H]12. The van der Waals surface area contributed by atoms with Crippen molar-refractivity contribution >= 4 is 45.7 Å². The predicted molar refractivity (Wildman–Crippen MR) is 304 cm³/mol. The van der Waals surface area contributed by atoms with Gasteiger partial charge in [-0.15, -0.1) is 0 Å². The molecule has 6 nitrogen and oxygen atoms in total. The maximum absolute atomic E-state index is 13.8. The second-order valence-electron chi connectivity index (χ2n) is 29.2. The van der Waals surface area contributed by atoms with Crippen molar-refractivity contribution < 1.29 is 18.8 Å². The molecule has 3 aromatic heterocycles. The van der Waals surface area contributed by atoms with E-state index in [0.717, 1.165) is 91.5 Å². The molecule has 9 fully saturated rings. The third-order valence-corrected chi connectivity index (χ3v) is 26.3. The summed E-state index contributed by atoms with van der Waals surface area (Å²) in [6, 6.07) is 8.02. The van der Waals surface area contributed by atoms with Crippen LogP contribution in [0.4, 0.5) is 4.39 Å².